The lowest BCUT2D eigenvalue weighted by molar-refractivity contribution is 0.410. The summed E-state index contributed by atoms with van der Waals surface area (Å²) in [5.74, 6) is 1.39. The Balaban J connectivity index is 2.39. The van der Waals surface area contributed by atoms with Crippen LogP contribution in [0.15, 0.2) is 18.2 Å². The third-order valence-electron chi connectivity index (χ3n) is 2.95. The van der Waals surface area contributed by atoms with Gasteiger partial charge in [-0.05, 0) is 48.5 Å². The van der Waals surface area contributed by atoms with Gasteiger partial charge in [-0.2, -0.15) is 4.68 Å². The van der Waals surface area contributed by atoms with E-state index in [1.165, 1.54) is 0 Å². The van der Waals surface area contributed by atoms with Gasteiger partial charge in [-0.25, -0.2) is 0 Å². The van der Waals surface area contributed by atoms with E-state index in [0.29, 0.717) is 10.8 Å². The molecule has 0 aliphatic carbocycles. The molecule has 0 aliphatic heterocycles. The van der Waals surface area contributed by atoms with Gasteiger partial charge in [-0.3, -0.25) is 0 Å². The van der Waals surface area contributed by atoms with Crippen molar-refractivity contribution < 1.29 is 4.74 Å². The van der Waals surface area contributed by atoms with E-state index in [2.05, 4.69) is 27.8 Å². The van der Waals surface area contributed by atoms with Crippen molar-refractivity contribution >= 4 is 11.6 Å². The van der Waals surface area contributed by atoms with Crippen molar-refractivity contribution in [2.45, 2.75) is 26.3 Å². The lowest BCUT2D eigenvalue weighted by Gasteiger charge is -2.14. The Kier molecular flexibility index (Phi) is 4.92. The van der Waals surface area contributed by atoms with Gasteiger partial charge in [-0.15, -0.1) is 5.10 Å². The molecule has 1 heterocycles. The van der Waals surface area contributed by atoms with Crippen molar-refractivity contribution in [1.29, 1.82) is 0 Å². The molecule has 2 aromatic rings. The molecule has 0 amide bonds. The SMILES string of the molecule is CCCNC(C)c1nnnn1-c1cc(Cl)ccc1OC. The molecule has 0 saturated carbocycles. The number of nitrogens with zero attached hydrogens (tertiary/aromatic N) is 4. The summed E-state index contributed by atoms with van der Waals surface area (Å²) in [5, 5.41) is 15.9. The lowest BCUT2D eigenvalue weighted by Crippen LogP contribution is -2.23. The number of ether oxygens (including phenoxy) is 1. The quantitative estimate of drug-likeness (QED) is 0.886. The van der Waals surface area contributed by atoms with E-state index < -0.39 is 0 Å². The van der Waals surface area contributed by atoms with Crippen LogP contribution in [-0.2, 0) is 0 Å². The molecule has 1 atom stereocenters. The summed E-state index contributed by atoms with van der Waals surface area (Å²) in [7, 11) is 1.61. The molecule has 0 aliphatic rings. The maximum Gasteiger partial charge on any atom is 0.173 e. The van der Waals surface area contributed by atoms with Crippen molar-refractivity contribution in [3.63, 3.8) is 0 Å². The Hall–Kier alpha value is -1.66. The smallest absolute Gasteiger partial charge is 0.173 e. The highest BCUT2D eigenvalue weighted by Crippen LogP contribution is 2.27. The molecule has 108 valence electrons. The Bertz CT molecular complexity index is 572. The molecule has 0 bridgehead atoms. The molecule has 1 aromatic heterocycles. The Morgan fingerprint density at radius 3 is 2.95 bits per heavy atom. The fourth-order valence-corrected chi connectivity index (χ4v) is 2.08. The van der Waals surface area contributed by atoms with E-state index in [1.54, 1.807) is 30.0 Å². The second kappa shape index (κ2) is 6.67. The van der Waals surface area contributed by atoms with Crippen LogP contribution in [0.3, 0.4) is 0 Å². The number of methoxy groups -OCH3 is 1. The highest BCUT2D eigenvalue weighted by molar-refractivity contribution is 6.30. The first-order valence-corrected chi connectivity index (χ1v) is 6.90. The van der Waals surface area contributed by atoms with Gasteiger partial charge in [0.1, 0.15) is 11.4 Å². The van der Waals surface area contributed by atoms with Crippen LogP contribution in [0.1, 0.15) is 32.1 Å². The Morgan fingerprint density at radius 1 is 1.45 bits per heavy atom. The van der Waals surface area contributed by atoms with E-state index in [1.807, 2.05) is 6.92 Å². The predicted molar refractivity (Wildman–Crippen MR) is 77.4 cm³/mol. The maximum atomic E-state index is 6.05. The second-order valence-corrected chi connectivity index (χ2v) is 4.88. The molecule has 1 aromatic carbocycles. The molecule has 20 heavy (non-hydrogen) atoms. The van der Waals surface area contributed by atoms with Gasteiger partial charge in [0.05, 0.1) is 13.2 Å². The van der Waals surface area contributed by atoms with Gasteiger partial charge in [0.15, 0.2) is 5.82 Å². The summed E-state index contributed by atoms with van der Waals surface area (Å²) < 4.78 is 7.00. The second-order valence-electron chi connectivity index (χ2n) is 4.44. The Labute approximate surface area is 123 Å². The average molecular weight is 296 g/mol. The first kappa shape index (κ1) is 14.7. The minimum Gasteiger partial charge on any atom is -0.494 e. The molecule has 0 fully saturated rings. The minimum absolute atomic E-state index is 0.0358. The van der Waals surface area contributed by atoms with E-state index >= 15 is 0 Å². The molecule has 2 rings (SSSR count). The number of tetrazole rings is 1. The number of hydrogen-bond donors (Lipinski definition) is 1. The fourth-order valence-electron chi connectivity index (χ4n) is 1.92. The van der Waals surface area contributed by atoms with Crippen molar-refractivity contribution in [1.82, 2.24) is 25.5 Å². The van der Waals surface area contributed by atoms with E-state index in [9.17, 15) is 0 Å². The van der Waals surface area contributed by atoms with Crippen LogP contribution in [0.5, 0.6) is 5.75 Å². The molecule has 0 spiro atoms. The number of rotatable bonds is 6. The zero-order valence-electron chi connectivity index (χ0n) is 11.8. The molecular formula is C13H18ClN5O. The monoisotopic (exact) mass is 295 g/mol. The maximum absolute atomic E-state index is 6.05. The average Bonchev–Trinajstić information content (AvgIpc) is 2.94. The zero-order valence-corrected chi connectivity index (χ0v) is 12.6. The number of halogens is 1. The third kappa shape index (κ3) is 3.08. The molecular weight excluding hydrogens is 278 g/mol. The van der Waals surface area contributed by atoms with Gasteiger partial charge >= 0.3 is 0 Å². The lowest BCUT2D eigenvalue weighted by atomic mass is 10.2. The van der Waals surface area contributed by atoms with Crippen molar-refractivity contribution in [2.24, 2.45) is 0 Å². The molecule has 1 unspecified atom stereocenters. The Morgan fingerprint density at radius 2 is 2.25 bits per heavy atom. The van der Waals surface area contributed by atoms with Crippen LogP contribution in [-0.4, -0.2) is 33.9 Å². The topological polar surface area (TPSA) is 64.9 Å². The van der Waals surface area contributed by atoms with Crippen LogP contribution in [0.4, 0.5) is 0 Å². The summed E-state index contributed by atoms with van der Waals surface area (Å²) in [6.07, 6.45) is 1.05. The molecule has 0 radical (unpaired) electrons. The van der Waals surface area contributed by atoms with Crippen LogP contribution in [0, 0.1) is 0 Å². The summed E-state index contributed by atoms with van der Waals surface area (Å²) in [4.78, 5) is 0. The summed E-state index contributed by atoms with van der Waals surface area (Å²) in [6.45, 7) is 5.04. The van der Waals surface area contributed by atoms with Gasteiger partial charge < -0.3 is 10.1 Å². The van der Waals surface area contributed by atoms with Crippen LogP contribution in [0.25, 0.3) is 5.69 Å². The summed E-state index contributed by atoms with van der Waals surface area (Å²) in [6, 6.07) is 5.39. The molecule has 0 saturated heterocycles. The van der Waals surface area contributed by atoms with Crippen LogP contribution < -0.4 is 10.1 Å². The molecule has 6 nitrogen and oxygen atoms in total. The number of nitrogens with one attached hydrogen (secondary N) is 1. The minimum atomic E-state index is 0.0358. The standard InChI is InChI=1S/C13H18ClN5O/c1-4-7-15-9(2)13-16-17-18-19(13)11-8-10(14)5-6-12(11)20-3/h5-6,8-9,15H,4,7H2,1-3H3. The van der Waals surface area contributed by atoms with Crippen LogP contribution in [0.2, 0.25) is 5.02 Å². The first-order chi connectivity index (χ1) is 9.67. The number of benzene rings is 1. The largest absolute Gasteiger partial charge is 0.494 e. The van der Waals surface area contributed by atoms with Gasteiger partial charge in [0.2, 0.25) is 0 Å². The molecule has 1 N–H and O–H groups in total. The summed E-state index contributed by atoms with van der Waals surface area (Å²) in [5.41, 5.74) is 0.727. The fraction of sp³-hybridized carbons (Fsp3) is 0.462. The van der Waals surface area contributed by atoms with Gasteiger partial charge in [-0.1, -0.05) is 18.5 Å². The number of aromatic nitrogens is 4. The highest BCUT2D eigenvalue weighted by Gasteiger charge is 2.18. The van der Waals surface area contributed by atoms with E-state index in [4.69, 9.17) is 16.3 Å². The van der Waals surface area contributed by atoms with Crippen molar-refractivity contribution in [3.8, 4) is 11.4 Å². The van der Waals surface area contributed by atoms with Crippen molar-refractivity contribution in [3.05, 3.63) is 29.0 Å². The van der Waals surface area contributed by atoms with Gasteiger partial charge in [0, 0.05) is 5.02 Å². The van der Waals surface area contributed by atoms with Crippen LogP contribution >= 0.6 is 11.6 Å². The van der Waals surface area contributed by atoms with E-state index in [0.717, 1.165) is 24.5 Å². The summed E-state index contributed by atoms with van der Waals surface area (Å²) >= 11 is 6.05. The molecule has 7 heteroatoms. The highest BCUT2D eigenvalue weighted by atomic mass is 35.5. The zero-order chi connectivity index (χ0) is 14.5. The van der Waals surface area contributed by atoms with Gasteiger partial charge in [0.25, 0.3) is 0 Å². The number of hydrogen-bond acceptors (Lipinski definition) is 5. The van der Waals surface area contributed by atoms with Crippen molar-refractivity contribution in [2.75, 3.05) is 13.7 Å². The predicted octanol–water partition coefficient (Wildman–Crippen LogP) is 2.38. The third-order valence-corrected chi connectivity index (χ3v) is 3.19. The normalized spacial score (nSPS) is 12.4. The first-order valence-electron chi connectivity index (χ1n) is 6.53. The van der Waals surface area contributed by atoms with E-state index in [-0.39, 0.29) is 6.04 Å².